The fourth-order valence-electron chi connectivity index (χ4n) is 3.71. The second-order valence-corrected chi connectivity index (χ2v) is 7.79. The van der Waals surface area contributed by atoms with Gasteiger partial charge < -0.3 is 14.2 Å². The molecule has 0 atom stereocenters. The third kappa shape index (κ3) is 2.71. The number of hydrogen-bond acceptors (Lipinski definition) is 5. The van der Waals surface area contributed by atoms with Crippen LogP contribution >= 0.6 is 11.6 Å². The Morgan fingerprint density at radius 2 is 2.00 bits per heavy atom. The molecule has 3 heterocycles. The van der Waals surface area contributed by atoms with E-state index in [4.69, 9.17) is 16.3 Å². The van der Waals surface area contributed by atoms with E-state index in [2.05, 4.69) is 4.98 Å². The molecule has 0 N–H and O–H groups in total. The minimum absolute atomic E-state index is 0.177. The standard InChI is InChI=1S/C19H22ClN5O3/c1-11(2)10-25-17(26)15-16(22(3)19(25)27)21-18-23(7-8-24(15)18)13-9-12(20)5-6-14(13)28-4/h5-6,9,11H,7-8,10H2,1-4H3. The van der Waals surface area contributed by atoms with Gasteiger partial charge in [0.1, 0.15) is 5.75 Å². The molecule has 1 aliphatic heterocycles. The summed E-state index contributed by atoms with van der Waals surface area (Å²) in [7, 11) is 3.24. The Labute approximate surface area is 166 Å². The molecule has 148 valence electrons. The van der Waals surface area contributed by atoms with E-state index in [1.54, 1.807) is 26.3 Å². The van der Waals surface area contributed by atoms with E-state index >= 15 is 0 Å². The first kappa shape index (κ1) is 18.6. The first-order valence-electron chi connectivity index (χ1n) is 9.14. The lowest BCUT2D eigenvalue weighted by atomic mass is 10.2. The van der Waals surface area contributed by atoms with Gasteiger partial charge in [0.05, 0.1) is 12.8 Å². The van der Waals surface area contributed by atoms with Gasteiger partial charge in [-0.25, -0.2) is 4.79 Å². The number of benzene rings is 1. The van der Waals surface area contributed by atoms with Gasteiger partial charge in [-0.3, -0.25) is 13.9 Å². The number of hydrogen-bond donors (Lipinski definition) is 0. The number of nitrogens with zero attached hydrogens (tertiary/aromatic N) is 5. The molecule has 3 aromatic rings. The molecule has 4 rings (SSSR count). The van der Waals surface area contributed by atoms with Crippen LogP contribution in [-0.4, -0.2) is 32.3 Å². The molecule has 0 bridgehead atoms. The lowest BCUT2D eigenvalue weighted by molar-refractivity contribution is 0.415. The normalized spacial score (nSPS) is 13.6. The Kier molecular flexibility index (Phi) is 4.45. The van der Waals surface area contributed by atoms with Crippen molar-refractivity contribution in [3.8, 4) is 5.75 Å². The van der Waals surface area contributed by atoms with Gasteiger partial charge >= 0.3 is 5.69 Å². The highest BCUT2D eigenvalue weighted by Crippen LogP contribution is 2.38. The summed E-state index contributed by atoms with van der Waals surface area (Å²) < 4.78 is 10.1. The third-order valence-corrected chi connectivity index (χ3v) is 5.22. The van der Waals surface area contributed by atoms with E-state index in [0.29, 0.717) is 47.5 Å². The maximum Gasteiger partial charge on any atom is 0.332 e. The number of halogens is 1. The van der Waals surface area contributed by atoms with E-state index in [-0.39, 0.29) is 17.2 Å². The zero-order valence-corrected chi connectivity index (χ0v) is 17.0. The van der Waals surface area contributed by atoms with Crippen molar-refractivity contribution in [3.63, 3.8) is 0 Å². The van der Waals surface area contributed by atoms with Crippen LogP contribution in [0.1, 0.15) is 13.8 Å². The van der Waals surface area contributed by atoms with Gasteiger partial charge in [0.2, 0.25) is 5.95 Å². The van der Waals surface area contributed by atoms with Crippen molar-refractivity contribution in [2.24, 2.45) is 13.0 Å². The summed E-state index contributed by atoms with van der Waals surface area (Å²) in [6.45, 7) is 5.53. The lowest BCUT2D eigenvalue weighted by Crippen LogP contribution is -2.40. The van der Waals surface area contributed by atoms with E-state index in [1.807, 2.05) is 29.4 Å². The number of aryl methyl sites for hydroxylation is 1. The Balaban J connectivity index is 1.96. The SMILES string of the molecule is COc1ccc(Cl)cc1N1CCn2c1nc1c2c(=O)n(CC(C)C)c(=O)n1C. The summed E-state index contributed by atoms with van der Waals surface area (Å²) >= 11 is 6.19. The summed E-state index contributed by atoms with van der Waals surface area (Å²) in [5.74, 6) is 1.44. The number of rotatable bonds is 4. The minimum atomic E-state index is -0.352. The maximum atomic E-state index is 13.1. The summed E-state index contributed by atoms with van der Waals surface area (Å²) in [5, 5.41) is 0.581. The Morgan fingerprint density at radius 3 is 2.68 bits per heavy atom. The molecule has 2 aromatic heterocycles. The van der Waals surface area contributed by atoms with Gasteiger partial charge in [-0.05, 0) is 24.1 Å². The quantitative estimate of drug-likeness (QED) is 0.668. The van der Waals surface area contributed by atoms with Crippen molar-refractivity contribution in [2.75, 3.05) is 18.6 Å². The van der Waals surface area contributed by atoms with E-state index in [1.165, 1.54) is 9.13 Å². The average Bonchev–Trinajstić information content (AvgIpc) is 3.22. The van der Waals surface area contributed by atoms with E-state index in [9.17, 15) is 9.59 Å². The number of imidazole rings is 1. The topological polar surface area (TPSA) is 74.3 Å². The first-order chi connectivity index (χ1) is 13.3. The molecule has 0 amide bonds. The maximum absolute atomic E-state index is 13.1. The third-order valence-electron chi connectivity index (χ3n) is 4.98. The van der Waals surface area contributed by atoms with Crippen LogP contribution in [0.2, 0.25) is 5.02 Å². The molecular weight excluding hydrogens is 382 g/mol. The van der Waals surface area contributed by atoms with Crippen LogP contribution < -0.4 is 20.9 Å². The Hall–Kier alpha value is -2.74. The number of fused-ring (bicyclic) bond motifs is 3. The van der Waals surface area contributed by atoms with Crippen LogP contribution in [0, 0.1) is 5.92 Å². The minimum Gasteiger partial charge on any atom is -0.495 e. The molecule has 0 saturated carbocycles. The van der Waals surface area contributed by atoms with Crippen molar-refractivity contribution < 1.29 is 4.74 Å². The molecule has 0 spiro atoms. The molecule has 1 aliphatic rings. The van der Waals surface area contributed by atoms with Crippen molar-refractivity contribution >= 4 is 34.4 Å². The van der Waals surface area contributed by atoms with Crippen LogP contribution in [-0.2, 0) is 20.1 Å². The number of anilines is 2. The number of aromatic nitrogens is 4. The van der Waals surface area contributed by atoms with Crippen molar-refractivity contribution in [1.29, 1.82) is 0 Å². The smallest absolute Gasteiger partial charge is 0.332 e. The predicted molar refractivity (Wildman–Crippen MR) is 109 cm³/mol. The Bertz CT molecular complexity index is 1190. The van der Waals surface area contributed by atoms with Crippen LogP contribution in [0.25, 0.3) is 11.2 Å². The molecule has 9 heteroatoms. The second-order valence-electron chi connectivity index (χ2n) is 7.35. The van der Waals surface area contributed by atoms with Gasteiger partial charge in [0.25, 0.3) is 5.56 Å². The molecule has 0 radical (unpaired) electrons. The molecular formula is C19H22ClN5O3. The molecule has 0 saturated heterocycles. The highest BCUT2D eigenvalue weighted by atomic mass is 35.5. The average molecular weight is 404 g/mol. The van der Waals surface area contributed by atoms with Crippen molar-refractivity contribution in [1.82, 2.24) is 18.7 Å². The first-order valence-corrected chi connectivity index (χ1v) is 9.52. The fourth-order valence-corrected chi connectivity index (χ4v) is 3.87. The molecule has 0 unspecified atom stereocenters. The summed E-state index contributed by atoms with van der Waals surface area (Å²) in [5.41, 5.74) is 0.953. The van der Waals surface area contributed by atoms with Crippen molar-refractivity contribution in [2.45, 2.75) is 26.9 Å². The predicted octanol–water partition coefficient (Wildman–Crippen LogP) is 2.37. The zero-order chi connectivity index (χ0) is 20.2. The van der Waals surface area contributed by atoms with Crippen LogP contribution in [0.3, 0.4) is 0 Å². The second kappa shape index (κ2) is 6.70. The highest BCUT2D eigenvalue weighted by Gasteiger charge is 2.30. The van der Waals surface area contributed by atoms with Crippen LogP contribution in [0.4, 0.5) is 11.6 Å². The molecule has 28 heavy (non-hydrogen) atoms. The van der Waals surface area contributed by atoms with Crippen molar-refractivity contribution in [3.05, 3.63) is 44.1 Å². The molecule has 1 aromatic carbocycles. The number of ether oxygens (including phenoxy) is 1. The van der Waals surface area contributed by atoms with Gasteiger partial charge in [0.15, 0.2) is 11.2 Å². The van der Waals surface area contributed by atoms with E-state index < -0.39 is 0 Å². The monoisotopic (exact) mass is 403 g/mol. The molecule has 0 aliphatic carbocycles. The van der Waals surface area contributed by atoms with Gasteiger partial charge in [-0.2, -0.15) is 4.98 Å². The summed E-state index contributed by atoms with van der Waals surface area (Å²) in [6, 6.07) is 5.37. The summed E-state index contributed by atoms with van der Waals surface area (Å²) in [6.07, 6.45) is 0. The van der Waals surface area contributed by atoms with E-state index in [0.717, 1.165) is 5.69 Å². The molecule has 0 fully saturated rings. The lowest BCUT2D eigenvalue weighted by Gasteiger charge is -2.19. The Morgan fingerprint density at radius 1 is 1.25 bits per heavy atom. The zero-order valence-electron chi connectivity index (χ0n) is 16.3. The van der Waals surface area contributed by atoms with Gasteiger partial charge in [0, 0.05) is 31.7 Å². The summed E-state index contributed by atoms with van der Waals surface area (Å²) in [4.78, 5) is 32.4. The van der Waals surface area contributed by atoms with Crippen LogP contribution in [0.15, 0.2) is 27.8 Å². The number of methoxy groups -OCH3 is 1. The van der Waals surface area contributed by atoms with Gasteiger partial charge in [-0.15, -0.1) is 0 Å². The molecule has 8 nitrogen and oxygen atoms in total. The largest absolute Gasteiger partial charge is 0.495 e. The van der Waals surface area contributed by atoms with Crippen LogP contribution in [0.5, 0.6) is 5.75 Å². The fraction of sp³-hybridized carbons (Fsp3) is 0.421. The highest BCUT2D eigenvalue weighted by molar-refractivity contribution is 6.31. The van der Waals surface area contributed by atoms with Gasteiger partial charge in [-0.1, -0.05) is 25.4 Å².